The second-order valence-electron chi connectivity index (χ2n) is 2.32. The van der Waals surface area contributed by atoms with Crippen LogP contribution in [0.4, 0.5) is 5.82 Å². The molecule has 66 valence electrons. The van der Waals surface area contributed by atoms with Crippen LogP contribution in [0.15, 0.2) is 4.63 Å². The second-order valence-corrected chi connectivity index (χ2v) is 2.32. The van der Waals surface area contributed by atoms with Gasteiger partial charge < -0.3 is 10.6 Å². The number of hydrogen-bond donors (Lipinski definition) is 1. The van der Waals surface area contributed by atoms with E-state index in [9.17, 15) is 4.79 Å². The van der Waals surface area contributed by atoms with Crippen molar-refractivity contribution in [3.05, 3.63) is 5.69 Å². The highest BCUT2D eigenvalue weighted by Gasteiger charge is 2.18. The molecule has 0 bridgehead atoms. The molecule has 1 amide bonds. The van der Waals surface area contributed by atoms with Crippen LogP contribution in [0.1, 0.15) is 17.4 Å². The van der Waals surface area contributed by atoms with E-state index in [0.717, 1.165) is 0 Å². The van der Waals surface area contributed by atoms with E-state index in [4.69, 9.17) is 5.73 Å². The first-order chi connectivity index (χ1) is 5.66. The number of amides is 1. The normalized spacial score (nSPS) is 9.83. The van der Waals surface area contributed by atoms with Gasteiger partial charge in [0.05, 0.1) is 0 Å². The number of carbonyl (C=O) groups excluding carboxylic acids is 1. The van der Waals surface area contributed by atoms with E-state index < -0.39 is 0 Å². The fourth-order valence-corrected chi connectivity index (χ4v) is 0.668. The van der Waals surface area contributed by atoms with Crippen molar-refractivity contribution in [2.75, 3.05) is 19.3 Å². The third-order valence-corrected chi connectivity index (χ3v) is 1.54. The van der Waals surface area contributed by atoms with E-state index in [1.54, 1.807) is 7.05 Å². The van der Waals surface area contributed by atoms with Gasteiger partial charge in [0.25, 0.3) is 5.91 Å². The Morgan fingerprint density at radius 2 is 2.33 bits per heavy atom. The van der Waals surface area contributed by atoms with E-state index in [-0.39, 0.29) is 17.4 Å². The molecule has 0 aliphatic heterocycles. The average molecular weight is 170 g/mol. The SMILES string of the molecule is CCN(C)C(=O)c1nonc1N. The van der Waals surface area contributed by atoms with Crippen LogP contribution >= 0.6 is 0 Å². The summed E-state index contributed by atoms with van der Waals surface area (Å²) in [6, 6.07) is 0. The van der Waals surface area contributed by atoms with E-state index in [1.807, 2.05) is 6.92 Å². The molecule has 0 unspecified atom stereocenters. The number of carbonyl (C=O) groups is 1. The van der Waals surface area contributed by atoms with Crippen molar-refractivity contribution in [2.45, 2.75) is 6.92 Å². The topological polar surface area (TPSA) is 85.2 Å². The largest absolute Gasteiger partial charge is 0.379 e. The summed E-state index contributed by atoms with van der Waals surface area (Å²) >= 11 is 0. The first kappa shape index (κ1) is 8.51. The van der Waals surface area contributed by atoms with Gasteiger partial charge in [-0.3, -0.25) is 4.79 Å². The minimum atomic E-state index is -0.281. The van der Waals surface area contributed by atoms with Crippen molar-refractivity contribution in [1.82, 2.24) is 15.2 Å². The van der Waals surface area contributed by atoms with Gasteiger partial charge in [0, 0.05) is 13.6 Å². The third-order valence-electron chi connectivity index (χ3n) is 1.54. The van der Waals surface area contributed by atoms with Crippen molar-refractivity contribution < 1.29 is 9.42 Å². The molecule has 0 saturated heterocycles. The third kappa shape index (κ3) is 1.36. The smallest absolute Gasteiger partial charge is 0.279 e. The molecule has 0 saturated carbocycles. The van der Waals surface area contributed by atoms with E-state index in [2.05, 4.69) is 14.9 Å². The van der Waals surface area contributed by atoms with Gasteiger partial charge in [-0.15, -0.1) is 0 Å². The number of hydrogen-bond acceptors (Lipinski definition) is 5. The number of anilines is 1. The van der Waals surface area contributed by atoms with Crippen molar-refractivity contribution in [1.29, 1.82) is 0 Å². The molecular formula is C6H10N4O2. The number of nitrogen functional groups attached to an aromatic ring is 1. The zero-order chi connectivity index (χ0) is 9.14. The number of aromatic nitrogens is 2. The molecule has 0 radical (unpaired) electrons. The molecule has 0 aliphatic carbocycles. The lowest BCUT2D eigenvalue weighted by molar-refractivity contribution is 0.0792. The van der Waals surface area contributed by atoms with Gasteiger partial charge in [0.15, 0.2) is 0 Å². The monoisotopic (exact) mass is 170 g/mol. The first-order valence-electron chi connectivity index (χ1n) is 3.50. The van der Waals surface area contributed by atoms with E-state index in [0.29, 0.717) is 6.54 Å². The minimum Gasteiger partial charge on any atom is -0.379 e. The Kier molecular flexibility index (Phi) is 2.27. The van der Waals surface area contributed by atoms with Crippen molar-refractivity contribution in [3.63, 3.8) is 0 Å². The molecule has 6 heteroatoms. The van der Waals surface area contributed by atoms with Gasteiger partial charge in [-0.2, -0.15) is 0 Å². The Labute approximate surface area is 69.3 Å². The number of nitrogens with two attached hydrogens (primary N) is 1. The molecule has 0 atom stereocenters. The maximum absolute atomic E-state index is 11.3. The predicted octanol–water partition coefficient (Wildman–Crippen LogP) is -0.256. The van der Waals surface area contributed by atoms with Crippen LogP contribution in [-0.4, -0.2) is 34.7 Å². The summed E-state index contributed by atoms with van der Waals surface area (Å²) in [7, 11) is 1.65. The quantitative estimate of drug-likeness (QED) is 0.661. The Morgan fingerprint density at radius 1 is 1.67 bits per heavy atom. The Bertz CT molecular complexity index is 283. The van der Waals surface area contributed by atoms with Crippen LogP contribution in [0.2, 0.25) is 0 Å². The molecule has 6 nitrogen and oxygen atoms in total. The van der Waals surface area contributed by atoms with Crippen LogP contribution in [0.3, 0.4) is 0 Å². The zero-order valence-corrected chi connectivity index (χ0v) is 6.94. The highest BCUT2D eigenvalue weighted by Crippen LogP contribution is 2.06. The number of nitrogens with zero attached hydrogens (tertiary/aromatic N) is 3. The molecule has 0 aromatic carbocycles. The summed E-state index contributed by atoms with van der Waals surface area (Å²) in [6.07, 6.45) is 0. The second kappa shape index (κ2) is 3.21. The van der Waals surface area contributed by atoms with Crippen molar-refractivity contribution in [2.24, 2.45) is 0 Å². The molecule has 1 aromatic heterocycles. The van der Waals surface area contributed by atoms with E-state index in [1.165, 1.54) is 4.90 Å². The van der Waals surface area contributed by atoms with E-state index >= 15 is 0 Å². The summed E-state index contributed by atoms with van der Waals surface area (Å²) in [4.78, 5) is 12.8. The maximum atomic E-state index is 11.3. The Balaban J connectivity index is 2.85. The van der Waals surface area contributed by atoms with Gasteiger partial charge in [-0.25, -0.2) is 4.63 Å². The van der Waals surface area contributed by atoms with Crippen LogP contribution < -0.4 is 5.73 Å². The first-order valence-corrected chi connectivity index (χ1v) is 3.50. The predicted molar refractivity (Wildman–Crippen MR) is 41.3 cm³/mol. The lowest BCUT2D eigenvalue weighted by Gasteiger charge is -2.11. The van der Waals surface area contributed by atoms with Crippen molar-refractivity contribution >= 4 is 11.7 Å². The standard InChI is InChI=1S/C6H10N4O2/c1-3-10(2)6(11)4-5(7)9-12-8-4/h3H2,1-2H3,(H2,7,9). The molecule has 2 N–H and O–H groups in total. The molecule has 0 aliphatic rings. The van der Waals surface area contributed by atoms with Crippen LogP contribution in [0, 0.1) is 0 Å². The van der Waals surface area contributed by atoms with Crippen molar-refractivity contribution in [3.8, 4) is 0 Å². The lowest BCUT2D eigenvalue weighted by Crippen LogP contribution is -2.27. The van der Waals surface area contributed by atoms with Crippen LogP contribution in [0.5, 0.6) is 0 Å². The van der Waals surface area contributed by atoms with Gasteiger partial charge >= 0.3 is 0 Å². The Morgan fingerprint density at radius 3 is 2.75 bits per heavy atom. The van der Waals surface area contributed by atoms with Gasteiger partial charge in [-0.1, -0.05) is 0 Å². The average Bonchev–Trinajstić information content (AvgIpc) is 2.48. The molecule has 0 spiro atoms. The molecule has 1 rings (SSSR count). The summed E-state index contributed by atoms with van der Waals surface area (Å²) in [5.41, 5.74) is 5.39. The molecule has 0 fully saturated rings. The molecular weight excluding hydrogens is 160 g/mol. The van der Waals surface area contributed by atoms with Crippen LogP contribution in [-0.2, 0) is 0 Å². The summed E-state index contributed by atoms with van der Waals surface area (Å²) in [5, 5.41) is 6.68. The summed E-state index contributed by atoms with van der Waals surface area (Å²) < 4.78 is 4.29. The minimum absolute atomic E-state index is 0.0281. The molecule has 12 heavy (non-hydrogen) atoms. The lowest BCUT2D eigenvalue weighted by atomic mass is 10.4. The van der Waals surface area contributed by atoms with Gasteiger partial charge in [0.1, 0.15) is 0 Å². The zero-order valence-electron chi connectivity index (χ0n) is 6.94. The van der Waals surface area contributed by atoms with Gasteiger partial charge in [-0.05, 0) is 17.2 Å². The molecule has 1 heterocycles. The fourth-order valence-electron chi connectivity index (χ4n) is 0.668. The Hall–Kier alpha value is -1.59. The number of rotatable bonds is 2. The summed E-state index contributed by atoms with van der Waals surface area (Å²) in [6.45, 7) is 2.44. The molecule has 1 aromatic rings. The highest BCUT2D eigenvalue weighted by atomic mass is 16.6. The maximum Gasteiger partial charge on any atom is 0.279 e. The fraction of sp³-hybridized carbons (Fsp3) is 0.500. The van der Waals surface area contributed by atoms with Crippen LogP contribution in [0.25, 0.3) is 0 Å². The summed E-state index contributed by atoms with van der Waals surface area (Å²) in [5.74, 6) is -0.253. The van der Waals surface area contributed by atoms with Gasteiger partial charge in [0.2, 0.25) is 11.5 Å². The highest BCUT2D eigenvalue weighted by molar-refractivity contribution is 5.95.